The van der Waals surface area contributed by atoms with Gasteiger partial charge in [0, 0.05) is 6.04 Å². The fourth-order valence-electron chi connectivity index (χ4n) is 1.29. The zero-order valence-corrected chi connectivity index (χ0v) is 10.9. The number of carbonyl (C=O) groups is 2. The van der Waals surface area contributed by atoms with Gasteiger partial charge in [-0.2, -0.15) is 0 Å². The van der Waals surface area contributed by atoms with E-state index >= 15 is 0 Å². The highest BCUT2D eigenvalue weighted by Crippen LogP contribution is 2.08. The zero-order chi connectivity index (χ0) is 12.7. The Morgan fingerprint density at radius 3 is 2.19 bits per heavy atom. The second-order valence-corrected chi connectivity index (χ2v) is 4.69. The van der Waals surface area contributed by atoms with E-state index in [-0.39, 0.29) is 17.9 Å². The van der Waals surface area contributed by atoms with Gasteiger partial charge in [0.05, 0.1) is 0 Å². The molecule has 0 spiro atoms. The lowest BCUT2D eigenvalue weighted by atomic mass is 9.97. The van der Waals surface area contributed by atoms with Gasteiger partial charge >= 0.3 is 0 Å². The molecule has 0 aliphatic carbocycles. The first-order chi connectivity index (χ1) is 7.43. The van der Waals surface area contributed by atoms with Crippen LogP contribution >= 0.6 is 0 Å². The highest BCUT2D eigenvalue weighted by Gasteiger charge is 2.24. The molecule has 16 heavy (non-hydrogen) atoms. The van der Waals surface area contributed by atoms with E-state index in [1.165, 1.54) is 0 Å². The molecule has 0 aliphatic heterocycles. The quantitative estimate of drug-likeness (QED) is 0.645. The minimum Gasteiger partial charge on any atom is -0.352 e. The Morgan fingerprint density at radius 1 is 1.25 bits per heavy atom. The van der Waals surface area contributed by atoms with Crippen LogP contribution in [-0.2, 0) is 9.59 Å². The maximum absolute atomic E-state index is 11.9. The topological polar surface area (TPSA) is 58.2 Å². The van der Waals surface area contributed by atoms with Crippen molar-refractivity contribution in [2.45, 2.75) is 53.1 Å². The fraction of sp³-hybridized carbons (Fsp3) is 0.833. The highest BCUT2D eigenvalue weighted by molar-refractivity contribution is 5.84. The van der Waals surface area contributed by atoms with Gasteiger partial charge in [0.2, 0.25) is 12.3 Å². The molecule has 94 valence electrons. The third kappa shape index (κ3) is 4.64. The maximum atomic E-state index is 11.9. The van der Waals surface area contributed by atoms with E-state index in [0.717, 1.165) is 6.42 Å². The average Bonchev–Trinajstić information content (AvgIpc) is 2.24. The van der Waals surface area contributed by atoms with Crippen molar-refractivity contribution in [2.75, 3.05) is 0 Å². The van der Waals surface area contributed by atoms with Crippen molar-refractivity contribution in [1.82, 2.24) is 10.6 Å². The summed E-state index contributed by atoms with van der Waals surface area (Å²) in [5.41, 5.74) is 0. The van der Waals surface area contributed by atoms with Crippen LogP contribution < -0.4 is 10.6 Å². The number of rotatable bonds is 7. The number of nitrogens with one attached hydrogen (secondary N) is 2. The largest absolute Gasteiger partial charge is 0.352 e. The van der Waals surface area contributed by atoms with Gasteiger partial charge in [-0.15, -0.1) is 0 Å². The average molecular weight is 228 g/mol. The monoisotopic (exact) mass is 228 g/mol. The van der Waals surface area contributed by atoms with Crippen molar-refractivity contribution in [3.63, 3.8) is 0 Å². The minimum atomic E-state index is -0.427. The molecular formula is C12H24N2O2. The summed E-state index contributed by atoms with van der Waals surface area (Å²) >= 11 is 0. The Labute approximate surface area is 98.2 Å². The lowest BCUT2D eigenvalue weighted by molar-refractivity contribution is -0.127. The van der Waals surface area contributed by atoms with Crippen LogP contribution in [0.15, 0.2) is 0 Å². The van der Waals surface area contributed by atoms with Crippen LogP contribution in [0.1, 0.15) is 41.0 Å². The molecule has 2 unspecified atom stereocenters. The summed E-state index contributed by atoms with van der Waals surface area (Å²) in [6, 6.07) is -0.309. The second kappa shape index (κ2) is 7.25. The molecule has 0 bridgehead atoms. The first-order valence-electron chi connectivity index (χ1n) is 5.94. The van der Waals surface area contributed by atoms with Crippen LogP contribution in [0.5, 0.6) is 0 Å². The standard InChI is InChI=1S/C12H24N2O2/c1-6-9(4)11(13-7-15)12(16)14-10(5)8(2)3/h7-11H,6H2,1-5H3,(H,13,15)(H,14,16)/t9-,10?,11?/m0/s1. The van der Waals surface area contributed by atoms with E-state index in [1.54, 1.807) is 0 Å². The van der Waals surface area contributed by atoms with Gasteiger partial charge in [-0.3, -0.25) is 9.59 Å². The molecule has 0 saturated carbocycles. The van der Waals surface area contributed by atoms with Crippen LogP contribution in [0.25, 0.3) is 0 Å². The van der Waals surface area contributed by atoms with Crippen LogP contribution in [0, 0.1) is 11.8 Å². The summed E-state index contributed by atoms with van der Waals surface area (Å²) in [6.07, 6.45) is 1.45. The van der Waals surface area contributed by atoms with Crippen LogP contribution in [0.3, 0.4) is 0 Å². The third-order valence-electron chi connectivity index (χ3n) is 3.11. The van der Waals surface area contributed by atoms with Crippen LogP contribution in [0.4, 0.5) is 0 Å². The summed E-state index contributed by atoms with van der Waals surface area (Å²) in [5, 5.41) is 5.50. The van der Waals surface area contributed by atoms with Gasteiger partial charge in [0.25, 0.3) is 0 Å². The second-order valence-electron chi connectivity index (χ2n) is 4.69. The summed E-state index contributed by atoms with van der Waals surface area (Å²) < 4.78 is 0. The fourth-order valence-corrected chi connectivity index (χ4v) is 1.29. The molecule has 2 N–H and O–H groups in total. The molecular weight excluding hydrogens is 204 g/mol. The number of amides is 2. The van der Waals surface area contributed by atoms with Crippen molar-refractivity contribution in [1.29, 1.82) is 0 Å². The summed E-state index contributed by atoms with van der Waals surface area (Å²) in [4.78, 5) is 22.4. The van der Waals surface area contributed by atoms with Gasteiger partial charge in [0.1, 0.15) is 6.04 Å². The SMILES string of the molecule is CC[C@H](C)C(NC=O)C(=O)NC(C)C(C)C. The first-order valence-corrected chi connectivity index (χ1v) is 5.94. The first kappa shape index (κ1) is 14.9. The van der Waals surface area contributed by atoms with Crippen molar-refractivity contribution in [3.05, 3.63) is 0 Å². The predicted molar refractivity (Wildman–Crippen MR) is 64.9 cm³/mol. The molecule has 4 nitrogen and oxygen atoms in total. The van der Waals surface area contributed by atoms with E-state index < -0.39 is 6.04 Å². The molecule has 0 aromatic carbocycles. The summed E-state index contributed by atoms with van der Waals surface area (Å²) in [5.74, 6) is 0.435. The molecule has 0 aliphatic rings. The van der Waals surface area contributed by atoms with Crippen molar-refractivity contribution < 1.29 is 9.59 Å². The van der Waals surface area contributed by atoms with Crippen molar-refractivity contribution in [2.24, 2.45) is 11.8 Å². The molecule has 4 heteroatoms. The van der Waals surface area contributed by atoms with E-state index in [0.29, 0.717) is 12.3 Å². The molecule has 0 heterocycles. The van der Waals surface area contributed by atoms with Crippen molar-refractivity contribution in [3.8, 4) is 0 Å². The summed E-state index contributed by atoms with van der Waals surface area (Å²) in [6.45, 7) is 10.0. The molecule has 0 fully saturated rings. The zero-order valence-electron chi connectivity index (χ0n) is 10.9. The van der Waals surface area contributed by atoms with Gasteiger partial charge < -0.3 is 10.6 Å². The summed E-state index contributed by atoms with van der Waals surface area (Å²) in [7, 11) is 0. The molecule has 0 rings (SSSR count). The Bertz CT molecular complexity index is 229. The Kier molecular flexibility index (Phi) is 6.77. The lowest BCUT2D eigenvalue weighted by Crippen LogP contribution is -2.50. The molecule has 0 saturated heterocycles. The molecule has 0 aromatic rings. The number of hydrogen-bond acceptors (Lipinski definition) is 2. The number of hydrogen-bond donors (Lipinski definition) is 2. The number of carbonyl (C=O) groups excluding carboxylic acids is 2. The highest BCUT2D eigenvalue weighted by atomic mass is 16.2. The molecule has 3 atom stereocenters. The molecule has 0 aromatic heterocycles. The normalized spacial score (nSPS) is 16.4. The smallest absolute Gasteiger partial charge is 0.243 e. The minimum absolute atomic E-state index is 0.0948. The van der Waals surface area contributed by atoms with Gasteiger partial charge in [-0.25, -0.2) is 0 Å². The third-order valence-corrected chi connectivity index (χ3v) is 3.11. The Balaban J connectivity index is 4.43. The lowest BCUT2D eigenvalue weighted by Gasteiger charge is -2.25. The predicted octanol–water partition coefficient (Wildman–Crippen LogP) is 1.31. The molecule has 0 radical (unpaired) electrons. The van der Waals surface area contributed by atoms with Gasteiger partial charge in [-0.1, -0.05) is 34.1 Å². The van der Waals surface area contributed by atoms with E-state index in [2.05, 4.69) is 24.5 Å². The van der Waals surface area contributed by atoms with Crippen LogP contribution in [-0.4, -0.2) is 24.4 Å². The van der Waals surface area contributed by atoms with Crippen molar-refractivity contribution >= 4 is 12.3 Å². The Morgan fingerprint density at radius 2 is 1.81 bits per heavy atom. The van der Waals surface area contributed by atoms with Gasteiger partial charge in [0.15, 0.2) is 0 Å². The van der Waals surface area contributed by atoms with Crippen LogP contribution in [0.2, 0.25) is 0 Å². The molecule has 2 amide bonds. The van der Waals surface area contributed by atoms with E-state index in [1.807, 2.05) is 20.8 Å². The Hall–Kier alpha value is -1.06. The van der Waals surface area contributed by atoms with E-state index in [4.69, 9.17) is 0 Å². The van der Waals surface area contributed by atoms with Gasteiger partial charge in [-0.05, 0) is 18.8 Å². The maximum Gasteiger partial charge on any atom is 0.243 e. The van der Waals surface area contributed by atoms with E-state index in [9.17, 15) is 9.59 Å².